The summed E-state index contributed by atoms with van der Waals surface area (Å²) in [5.74, 6) is 1.30. The summed E-state index contributed by atoms with van der Waals surface area (Å²) in [7, 11) is -3.15. The molecule has 1 aromatic rings. The maximum Gasteiger partial charge on any atom is 0.432 e. The lowest BCUT2D eigenvalue weighted by Gasteiger charge is -2.18. The Labute approximate surface area is 115 Å². The summed E-state index contributed by atoms with van der Waals surface area (Å²) in [5.41, 5.74) is 7.49. The highest BCUT2D eigenvalue weighted by Crippen LogP contribution is 2.37. The van der Waals surface area contributed by atoms with Crippen LogP contribution in [0.15, 0.2) is 11.3 Å². The van der Waals surface area contributed by atoms with E-state index in [4.69, 9.17) is 15.5 Å². The Morgan fingerprint density at radius 3 is 2.89 bits per heavy atom. The highest BCUT2D eigenvalue weighted by atomic mass is 32.2. The van der Waals surface area contributed by atoms with Crippen molar-refractivity contribution in [2.75, 3.05) is 19.3 Å². The van der Waals surface area contributed by atoms with Crippen molar-refractivity contribution in [1.29, 1.82) is 0 Å². The number of hydrogen-bond donors (Lipinski definition) is 4. The molecule has 1 aromatic heterocycles. The Balaban J connectivity index is 2.30. The minimum absolute atomic E-state index is 0.162. The first-order valence-corrected chi connectivity index (χ1v) is 8.20. The fourth-order valence-corrected chi connectivity index (χ4v) is 2.34. The number of rotatable bonds is 6. The van der Waals surface area contributed by atoms with E-state index < -0.39 is 7.75 Å². The smallest absolute Gasteiger partial charge is 0.369 e. The minimum atomic E-state index is -4.36. The Morgan fingerprint density at radius 1 is 1.68 bits per heavy atom. The first-order valence-electron chi connectivity index (χ1n) is 5.48. The van der Waals surface area contributed by atoms with Crippen LogP contribution in [0.25, 0.3) is 0 Å². The van der Waals surface area contributed by atoms with Gasteiger partial charge in [-0.25, -0.2) is 9.55 Å². The lowest BCUT2D eigenvalue weighted by Crippen LogP contribution is -2.31. The van der Waals surface area contributed by atoms with Gasteiger partial charge in [-0.15, -0.1) is 0 Å². The first-order chi connectivity index (χ1) is 8.82. The van der Waals surface area contributed by atoms with Crippen LogP contribution in [0.4, 0.5) is 0 Å². The number of aromatic nitrogens is 2. The Kier molecular flexibility index (Phi) is 5.86. The SMILES string of the molecule is Cc1[nH]cnc1CSCCN=C(N)N(C)P(=O)(O)O. The van der Waals surface area contributed by atoms with Crippen LogP contribution in [-0.2, 0) is 10.3 Å². The highest BCUT2D eigenvalue weighted by Gasteiger charge is 2.22. The van der Waals surface area contributed by atoms with Gasteiger partial charge in [0.1, 0.15) is 0 Å². The normalized spacial score (nSPS) is 12.7. The number of aryl methyl sites for hydroxylation is 1. The number of nitrogens with zero attached hydrogens (tertiary/aromatic N) is 3. The van der Waals surface area contributed by atoms with Crippen LogP contribution in [0.2, 0.25) is 0 Å². The quantitative estimate of drug-likeness (QED) is 0.257. The Bertz CT molecular complexity index is 486. The fraction of sp³-hybridized carbons (Fsp3) is 0.556. The van der Waals surface area contributed by atoms with E-state index in [1.807, 2.05) is 6.92 Å². The molecule has 0 bridgehead atoms. The standard InChI is InChI=1S/C9H18N5O3PS/c1-7-8(13-6-12-7)5-19-4-3-11-9(10)14(2)18(15,16)17/h6H,3-5H2,1-2H3,(H2,10,11)(H,12,13)(H2,15,16,17). The molecule has 0 aromatic carbocycles. The van der Waals surface area contributed by atoms with E-state index >= 15 is 0 Å². The molecule has 0 radical (unpaired) electrons. The van der Waals surface area contributed by atoms with Gasteiger partial charge < -0.3 is 20.5 Å². The average Bonchev–Trinajstić information content (AvgIpc) is 2.72. The van der Waals surface area contributed by atoms with Crippen LogP contribution in [0.3, 0.4) is 0 Å². The molecule has 0 aliphatic heterocycles. The topological polar surface area (TPSA) is 128 Å². The molecule has 5 N–H and O–H groups in total. The van der Waals surface area contributed by atoms with Crippen molar-refractivity contribution in [3.05, 3.63) is 17.7 Å². The van der Waals surface area contributed by atoms with Crippen molar-refractivity contribution in [3.63, 3.8) is 0 Å². The zero-order valence-corrected chi connectivity index (χ0v) is 12.5. The third kappa shape index (κ3) is 5.23. The summed E-state index contributed by atoms with van der Waals surface area (Å²) in [5, 5.41) is 0. The van der Waals surface area contributed by atoms with Gasteiger partial charge in [0.2, 0.25) is 0 Å². The van der Waals surface area contributed by atoms with Gasteiger partial charge in [0.15, 0.2) is 5.96 Å². The van der Waals surface area contributed by atoms with E-state index in [1.165, 1.54) is 7.05 Å². The molecule has 108 valence electrons. The molecule has 1 rings (SSSR count). The van der Waals surface area contributed by atoms with Gasteiger partial charge in [-0.1, -0.05) is 0 Å². The van der Waals surface area contributed by atoms with Crippen LogP contribution in [0, 0.1) is 6.92 Å². The number of aromatic amines is 1. The number of imidazole rings is 1. The lowest BCUT2D eigenvalue weighted by molar-refractivity contribution is 0.328. The van der Waals surface area contributed by atoms with Gasteiger partial charge in [0.05, 0.1) is 18.6 Å². The lowest BCUT2D eigenvalue weighted by atomic mass is 10.4. The second-order valence-corrected chi connectivity index (χ2v) is 6.54. The number of nitrogens with two attached hydrogens (primary N) is 1. The van der Waals surface area contributed by atoms with Crippen molar-refractivity contribution in [1.82, 2.24) is 14.6 Å². The molecule has 8 nitrogen and oxygen atoms in total. The monoisotopic (exact) mass is 307 g/mol. The fourth-order valence-electron chi connectivity index (χ4n) is 1.16. The van der Waals surface area contributed by atoms with Crippen molar-refractivity contribution >= 4 is 25.5 Å². The zero-order chi connectivity index (χ0) is 14.5. The molecule has 0 amide bonds. The van der Waals surface area contributed by atoms with Crippen molar-refractivity contribution in [3.8, 4) is 0 Å². The summed E-state index contributed by atoms with van der Waals surface area (Å²) in [6.07, 6.45) is 1.65. The van der Waals surface area contributed by atoms with E-state index in [9.17, 15) is 4.57 Å². The number of aliphatic imine (C=N–C) groups is 1. The summed E-state index contributed by atoms with van der Waals surface area (Å²) in [6.45, 7) is 2.35. The maximum atomic E-state index is 10.9. The van der Waals surface area contributed by atoms with Crippen LogP contribution in [0.5, 0.6) is 0 Å². The highest BCUT2D eigenvalue weighted by molar-refractivity contribution is 7.98. The van der Waals surface area contributed by atoms with Crippen LogP contribution < -0.4 is 5.73 Å². The van der Waals surface area contributed by atoms with Gasteiger partial charge in [-0.05, 0) is 6.92 Å². The van der Waals surface area contributed by atoms with Crippen molar-refractivity contribution in [2.45, 2.75) is 12.7 Å². The number of thioether (sulfide) groups is 1. The minimum Gasteiger partial charge on any atom is -0.369 e. The third-order valence-corrected chi connectivity index (χ3v) is 4.34. The van der Waals surface area contributed by atoms with Gasteiger partial charge in [-0.3, -0.25) is 9.66 Å². The predicted molar refractivity (Wildman–Crippen MR) is 75.8 cm³/mol. The summed E-state index contributed by atoms with van der Waals surface area (Å²) in [6, 6.07) is 0. The second kappa shape index (κ2) is 6.95. The van der Waals surface area contributed by atoms with Gasteiger partial charge in [-0.2, -0.15) is 11.8 Å². The molecular formula is C9H18N5O3PS. The van der Waals surface area contributed by atoms with E-state index in [0.717, 1.165) is 17.1 Å². The van der Waals surface area contributed by atoms with E-state index in [2.05, 4.69) is 15.0 Å². The number of H-pyrrole nitrogens is 1. The van der Waals surface area contributed by atoms with Crippen LogP contribution in [-0.4, -0.2) is 49.7 Å². The molecule has 0 fully saturated rings. The largest absolute Gasteiger partial charge is 0.432 e. The molecule has 19 heavy (non-hydrogen) atoms. The van der Waals surface area contributed by atoms with Crippen molar-refractivity contribution in [2.24, 2.45) is 10.7 Å². The van der Waals surface area contributed by atoms with Gasteiger partial charge >= 0.3 is 7.75 Å². The molecule has 10 heteroatoms. The molecule has 1 heterocycles. The van der Waals surface area contributed by atoms with Crippen molar-refractivity contribution < 1.29 is 14.4 Å². The summed E-state index contributed by atoms with van der Waals surface area (Å²) < 4.78 is 11.6. The molecule has 0 saturated carbocycles. The van der Waals surface area contributed by atoms with Crippen LogP contribution in [0.1, 0.15) is 11.4 Å². The number of nitrogens with one attached hydrogen (secondary N) is 1. The Hall–Kier alpha value is -1.02. The van der Waals surface area contributed by atoms with Gasteiger partial charge in [0, 0.05) is 24.2 Å². The Morgan fingerprint density at radius 2 is 2.37 bits per heavy atom. The van der Waals surface area contributed by atoms with E-state index in [1.54, 1.807) is 18.1 Å². The van der Waals surface area contributed by atoms with Gasteiger partial charge in [0.25, 0.3) is 0 Å². The first kappa shape index (κ1) is 16.0. The number of hydrogen-bond acceptors (Lipinski definition) is 4. The molecule has 0 unspecified atom stereocenters. The molecular weight excluding hydrogens is 289 g/mol. The summed E-state index contributed by atoms with van der Waals surface area (Å²) >= 11 is 1.63. The second-order valence-electron chi connectivity index (χ2n) is 3.80. The van der Waals surface area contributed by atoms with E-state index in [-0.39, 0.29) is 5.96 Å². The van der Waals surface area contributed by atoms with Crippen LogP contribution >= 0.6 is 19.5 Å². The third-order valence-electron chi connectivity index (χ3n) is 2.40. The molecule has 0 saturated heterocycles. The number of guanidine groups is 1. The molecule has 0 atom stereocenters. The average molecular weight is 307 g/mol. The molecule has 0 aliphatic carbocycles. The predicted octanol–water partition coefficient (Wildman–Crippen LogP) is 0.291. The maximum absolute atomic E-state index is 10.9. The molecule has 0 aliphatic rings. The molecule has 0 spiro atoms. The summed E-state index contributed by atoms with van der Waals surface area (Å²) in [4.78, 5) is 28.8. The zero-order valence-electron chi connectivity index (χ0n) is 10.8. The van der Waals surface area contributed by atoms with E-state index in [0.29, 0.717) is 17.0 Å².